The number of ether oxygens (including phenoxy) is 1. The maximum atomic E-state index is 11.9. The number of carbonyl (C=O) groups excluding carboxylic acids is 1. The predicted molar refractivity (Wildman–Crippen MR) is 101 cm³/mol. The minimum Gasteiger partial charge on any atom is -0.484 e. The third-order valence-electron chi connectivity index (χ3n) is 3.64. The number of hydrogen-bond donors (Lipinski definition) is 2. The highest BCUT2D eigenvalue weighted by atomic mass is 16.5. The van der Waals surface area contributed by atoms with Gasteiger partial charge in [-0.25, -0.2) is 0 Å². The molecule has 0 fully saturated rings. The molecular formula is C20H20N4O2. The summed E-state index contributed by atoms with van der Waals surface area (Å²) < 4.78 is 5.43. The molecule has 1 amide bonds. The van der Waals surface area contributed by atoms with Gasteiger partial charge in [-0.2, -0.15) is 0 Å². The largest absolute Gasteiger partial charge is 0.484 e. The van der Waals surface area contributed by atoms with Crippen molar-refractivity contribution in [2.24, 2.45) is 0 Å². The molecule has 3 aromatic rings. The smallest absolute Gasteiger partial charge is 0.263 e. The predicted octanol–water partition coefficient (Wildman–Crippen LogP) is 3.41. The van der Waals surface area contributed by atoms with Gasteiger partial charge >= 0.3 is 0 Å². The molecule has 1 heterocycles. The summed E-state index contributed by atoms with van der Waals surface area (Å²) in [6.07, 6.45) is 0. The average molecular weight is 348 g/mol. The molecule has 6 heteroatoms. The van der Waals surface area contributed by atoms with Crippen molar-refractivity contribution in [3.63, 3.8) is 0 Å². The fraction of sp³-hybridized carbons (Fsp3) is 0.150. The lowest BCUT2D eigenvalue weighted by atomic mass is 10.2. The van der Waals surface area contributed by atoms with Crippen LogP contribution in [-0.2, 0) is 11.3 Å². The Labute approximate surface area is 152 Å². The number of rotatable bonds is 7. The molecule has 0 atom stereocenters. The Bertz CT molecular complexity index is 834. The van der Waals surface area contributed by atoms with Crippen LogP contribution in [0.25, 0.3) is 0 Å². The van der Waals surface area contributed by atoms with E-state index in [1.165, 1.54) is 0 Å². The van der Waals surface area contributed by atoms with Crippen LogP contribution >= 0.6 is 0 Å². The van der Waals surface area contributed by atoms with E-state index in [-0.39, 0.29) is 12.5 Å². The third kappa shape index (κ3) is 5.31. The quantitative estimate of drug-likeness (QED) is 0.684. The summed E-state index contributed by atoms with van der Waals surface area (Å²) in [5.74, 6) is 1.39. The van der Waals surface area contributed by atoms with Crippen molar-refractivity contribution in [1.82, 2.24) is 10.2 Å². The molecule has 0 aliphatic heterocycles. The van der Waals surface area contributed by atoms with Crippen molar-refractivity contribution in [2.75, 3.05) is 17.2 Å². The Morgan fingerprint density at radius 1 is 0.923 bits per heavy atom. The van der Waals surface area contributed by atoms with E-state index in [9.17, 15) is 4.79 Å². The number of carbonyl (C=O) groups is 1. The minimum atomic E-state index is -0.287. The molecule has 0 saturated carbocycles. The summed E-state index contributed by atoms with van der Waals surface area (Å²) in [5.41, 5.74) is 2.29. The molecule has 6 nitrogen and oxygen atoms in total. The van der Waals surface area contributed by atoms with Gasteiger partial charge in [-0.3, -0.25) is 4.79 Å². The SMILES string of the molecule is Cc1ccc(OCC(=O)Nc2ccc(NCc3ccccc3)nn2)cc1. The van der Waals surface area contributed by atoms with E-state index < -0.39 is 0 Å². The Kier molecular flexibility index (Phi) is 5.77. The molecule has 2 N–H and O–H groups in total. The number of nitrogens with zero attached hydrogens (tertiary/aromatic N) is 2. The summed E-state index contributed by atoms with van der Waals surface area (Å²) in [5, 5.41) is 13.9. The summed E-state index contributed by atoms with van der Waals surface area (Å²) in [4.78, 5) is 11.9. The van der Waals surface area contributed by atoms with E-state index in [1.807, 2.05) is 61.5 Å². The normalized spacial score (nSPS) is 10.2. The first kappa shape index (κ1) is 17.4. The van der Waals surface area contributed by atoms with Gasteiger partial charge in [0.1, 0.15) is 11.6 Å². The van der Waals surface area contributed by atoms with E-state index in [2.05, 4.69) is 20.8 Å². The van der Waals surface area contributed by atoms with Gasteiger partial charge in [-0.05, 0) is 36.8 Å². The van der Waals surface area contributed by atoms with Crippen molar-refractivity contribution >= 4 is 17.5 Å². The summed E-state index contributed by atoms with van der Waals surface area (Å²) in [6.45, 7) is 2.57. The Morgan fingerprint density at radius 2 is 1.62 bits per heavy atom. The van der Waals surface area contributed by atoms with Gasteiger partial charge in [0.05, 0.1) is 0 Å². The minimum absolute atomic E-state index is 0.0846. The number of hydrogen-bond acceptors (Lipinski definition) is 5. The number of amides is 1. The van der Waals surface area contributed by atoms with Gasteiger partial charge in [-0.1, -0.05) is 48.0 Å². The van der Waals surface area contributed by atoms with E-state index in [0.717, 1.165) is 11.1 Å². The monoisotopic (exact) mass is 348 g/mol. The molecule has 0 unspecified atom stereocenters. The molecule has 0 radical (unpaired) electrons. The van der Waals surface area contributed by atoms with Gasteiger partial charge < -0.3 is 15.4 Å². The zero-order chi connectivity index (χ0) is 18.2. The van der Waals surface area contributed by atoms with Crippen LogP contribution in [0.2, 0.25) is 0 Å². The van der Waals surface area contributed by atoms with Crippen LogP contribution in [0.3, 0.4) is 0 Å². The van der Waals surface area contributed by atoms with Crippen LogP contribution in [0.5, 0.6) is 5.75 Å². The summed E-state index contributed by atoms with van der Waals surface area (Å²) in [6, 6.07) is 21.0. The Morgan fingerprint density at radius 3 is 2.31 bits per heavy atom. The highest BCUT2D eigenvalue weighted by Crippen LogP contribution is 2.12. The van der Waals surface area contributed by atoms with Crippen molar-refractivity contribution in [2.45, 2.75) is 13.5 Å². The standard InChI is InChI=1S/C20H20N4O2/c1-15-7-9-17(10-8-15)26-14-20(25)22-19-12-11-18(23-24-19)21-13-16-5-3-2-4-6-16/h2-12H,13-14H2,1H3,(H,21,23)(H,22,24,25). The second-order valence-corrected chi connectivity index (χ2v) is 5.79. The topological polar surface area (TPSA) is 76.1 Å². The van der Waals surface area contributed by atoms with Gasteiger partial charge in [0.2, 0.25) is 0 Å². The lowest BCUT2D eigenvalue weighted by Crippen LogP contribution is -2.21. The van der Waals surface area contributed by atoms with Crippen molar-refractivity contribution in [3.8, 4) is 5.75 Å². The molecule has 0 bridgehead atoms. The van der Waals surface area contributed by atoms with E-state index in [1.54, 1.807) is 12.1 Å². The number of aromatic nitrogens is 2. The van der Waals surface area contributed by atoms with E-state index in [4.69, 9.17) is 4.74 Å². The fourth-order valence-electron chi connectivity index (χ4n) is 2.24. The van der Waals surface area contributed by atoms with Crippen LogP contribution in [0.4, 0.5) is 11.6 Å². The van der Waals surface area contributed by atoms with Gasteiger partial charge in [0.15, 0.2) is 12.4 Å². The van der Waals surface area contributed by atoms with Crippen LogP contribution < -0.4 is 15.4 Å². The molecule has 0 aliphatic rings. The molecule has 3 rings (SSSR count). The van der Waals surface area contributed by atoms with Crippen molar-refractivity contribution < 1.29 is 9.53 Å². The number of anilines is 2. The Balaban J connectivity index is 1.45. The zero-order valence-corrected chi connectivity index (χ0v) is 14.5. The summed E-state index contributed by atoms with van der Waals surface area (Å²) in [7, 11) is 0. The fourth-order valence-corrected chi connectivity index (χ4v) is 2.24. The highest BCUT2D eigenvalue weighted by Gasteiger charge is 2.05. The number of aryl methyl sites for hydroxylation is 1. The lowest BCUT2D eigenvalue weighted by Gasteiger charge is -2.08. The average Bonchev–Trinajstić information content (AvgIpc) is 2.68. The Hall–Kier alpha value is -3.41. The zero-order valence-electron chi connectivity index (χ0n) is 14.5. The second-order valence-electron chi connectivity index (χ2n) is 5.79. The van der Waals surface area contributed by atoms with Crippen LogP contribution in [0.1, 0.15) is 11.1 Å². The maximum absolute atomic E-state index is 11.9. The van der Waals surface area contributed by atoms with E-state index in [0.29, 0.717) is 23.9 Å². The first-order valence-electron chi connectivity index (χ1n) is 8.30. The highest BCUT2D eigenvalue weighted by molar-refractivity contribution is 5.90. The van der Waals surface area contributed by atoms with Crippen LogP contribution in [0.15, 0.2) is 66.7 Å². The molecule has 132 valence electrons. The maximum Gasteiger partial charge on any atom is 0.263 e. The van der Waals surface area contributed by atoms with Gasteiger partial charge in [0, 0.05) is 6.54 Å². The first-order chi connectivity index (χ1) is 12.7. The van der Waals surface area contributed by atoms with Crippen LogP contribution in [0, 0.1) is 6.92 Å². The van der Waals surface area contributed by atoms with Crippen molar-refractivity contribution in [1.29, 1.82) is 0 Å². The number of benzene rings is 2. The molecule has 0 saturated heterocycles. The lowest BCUT2D eigenvalue weighted by molar-refractivity contribution is -0.118. The van der Waals surface area contributed by atoms with Crippen LogP contribution in [-0.4, -0.2) is 22.7 Å². The second kappa shape index (κ2) is 8.62. The van der Waals surface area contributed by atoms with Gasteiger partial charge in [0.25, 0.3) is 5.91 Å². The molecule has 0 aliphatic carbocycles. The third-order valence-corrected chi connectivity index (χ3v) is 3.64. The molecular weight excluding hydrogens is 328 g/mol. The number of nitrogens with one attached hydrogen (secondary N) is 2. The van der Waals surface area contributed by atoms with Gasteiger partial charge in [-0.15, -0.1) is 10.2 Å². The van der Waals surface area contributed by atoms with E-state index >= 15 is 0 Å². The molecule has 1 aromatic heterocycles. The first-order valence-corrected chi connectivity index (χ1v) is 8.30. The molecule has 0 spiro atoms. The molecule has 2 aromatic carbocycles. The molecule has 26 heavy (non-hydrogen) atoms. The van der Waals surface area contributed by atoms with Crippen molar-refractivity contribution in [3.05, 3.63) is 77.9 Å². The summed E-state index contributed by atoms with van der Waals surface area (Å²) >= 11 is 0.